The van der Waals surface area contributed by atoms with E-state index in [0.29, 0.717) is 13.2 Å². The van der Waals surface area contributed by atoms with E-state index in [9.17, 15) is 0 Å². The fraction of sp³-hybridized carbons (Fsp3) is 0.571. The van der Waals surface area contributed by atoms with Gasteiger partial charge in [-0.2, -0.15) is 0 Å². The summed E-state index contributed by atoms with van der Waals surface area (Å²) in [7, 11) is 0. The predicted molar refractivity (Wildman–Crippen MR) is 70.3 cm³/mol. The van der Waals surface area contributed by atoms with E-state index in [1.165, 1.54) is 0 Å². The average molecular weight is 237 g/mol. The molecule has 0 spiro atoms. The van der Waals surface area contributed by atoms with E-state index in [1.54, 1.807) is 0 Å². The summed E-state index contributed by atoms with van der Waals surface area (Å²) in [5.41, 5.74) is 7.11. The Kier molecular flexibility index (Phi) is 6.67. The van der Waals surface area contributed by atoms with Gasteiger partial charge in [0.2, 0.25) is 0 Å². The van der Waals surface area contributed by atoms with E-state index in [1.807, 2.05) is 24.3 Å². The van der Waals surface area contributed by atoms with Gasteiger partial charge in [-0.15, -0.1) is 0 Å². The molecule has 1 atom stereocenters. The lowest BCUT2D eigenvalue weighted by Crippen LogP contribution is -2.13. The number of hydrogen-bond donors (Lipinski definition) is 1. The minimum absolute atomic E-state index is 0.0442. The summed E-state index contributed by atoms with van der Waals surface area (Å²) in [6, 6.07) is 7.99. The van der Waals surface area contributed by atoms with Crippen molar-refractivity contribution in [3.8, 4) is 5.75 Å². The molecule has 0 fully saturated rings. The van der Waals surface area contributed by atoms with E-state index < -0.39 is 0 Å². The van der Waals surface area contributed by atoms with Gasteiger partial charge in [-0.1, -0.05) is 32.0 Å². The molecule has 1 aromatic carbocycles. The van der Waals surface area contributed by atoms with Crippen molar-refractivity contribution >= 4 is 0 Å². The molecule has 0 bridgehead atoms. The molecule has 0 aliphatic carbocycles. The second-order valence-corrected chi connectivity index (χ2v) is 4.01. The maximum atomic E-state index is 6.04. The van der Waals surface area contributed by atoms with Crippen LogP contribution in [0, 0.1) is 0 Å². The van der Waals surface area contributed by atoms with Gasteiger partial charge in [0.25, 0.3) is 0 Å². The largest absolute Gasteiger partial charge is 0.491 e. The Balaban J connectivity index is 2.46. The maximum Gasteiger partial charge on any atom is 0.124 e. The highest BCUT2D eigenvalue weighted by atomic mass is 16.5. The Hall–Kier alpha value is -1.06. The summed E-state index contributed by atoms with van der Waals surface area (Å²) in [6.07, 6.45) is 1.95. The summed E-state index contributed by atoms with van der Waals surface area (Å²) in [4.78, 5) is 0. The van der Waals surface area contributed by atoms with Gasteiger partial charge >= 0.3 is 0 Å². The first-order chi connectivity index (χ1) is 8.29. The zero-order valence-corrected chi connectivity index (χ0v) is 10.8. The highest BCUT2D eigenvalue weighted by Gasteiger charge is 2.09. The van der Waals surface area contributed by atoms with E-state index in [-0.39, 0.29) is 6.04 Å². The van der Waals surface area contributed by atoms with Crippen molar-refractivity contribution in [2.24, 2.45) is 5.73 Å². The van der Waals surface area contributed by atoms with Crippen LogP contribution in [0.1, 0.15) is 38.3 Å². The molecule has 96 valence electrons. The van der Waals surface area contributed by atoms with Crippen LogP contribution < -0.4 is 10.5 Å². The van der Waals surface area contributed by atoms with Crippen molar-refractivity contribution in [1.82, 2.24) is 0 Å². The second-order valence-electron chi connectivity index (χ2n) is 4.01. The number of rotatable bonds is 8. The smallest absolute Gasteiger partial charge is 0.124 e. The van der Waals surface area contributed by atoms with Crippen molar-refractivity contribution < 1.29 is 9.47 Å². The average Bonchev–Trinajstić information content (AvgIpc) is 2.38. The first kappa shape index (κ1) is 14.0. The number of nitrogens with two attached hydrogens (primary N) is 1. The van der Waals surface area contributed by atoms with Crippen molar-refractivity contribution in [3.05, 3.63) is 29.8 Å². The molecule has 1 rings (SSSR count). The van der Waals surface area contributed by atoms with E-state index in [4.69, 9.17) is 15.2 Å². The molecule has 0 saturated heterocycles. The van der Waals surface area contributed by atoms with Gasteiger partial charge < -0.3 is 15.2 Å². The molecule has 17 heavy (non-hydrogen) atoms. The quantitative estimate of drug-likeness (QED) is 0.707. The molecule has 1 aromatic rings. The van der Waals surface area contributed by atoms with Crippen LogP contribution in [-0.2, 0) is 4.74 Å². The summed E-state index contributed by atoms with van der Waals surface area (Å²) >= 11 is 0. The monoisotopic (exact) mass is 237 g/mol. The van der Waals surface area contributed by atoms with Crippen LogP contribution in [0.4, 0.5) is 0 Å². The third-order valence-electron chi connectivity index (χ3n) is 2.59. The highest BCUT2D eigenvalue weighted by Crippen LogP contribution is 2.25. The molecule has 0 saturated carbocycles. The Bertz CT molecular complexity index is 315. The van der Waals surface area contributed by atoms with Gasteiger partial charge in [0.05, 0.1) is 6.61 Å². The number of ether oxygens (including phenoxy) is 2. The predicted octanol–water partition coefficient (Wildman–Crippen LogP) is 2.90. The van der Waals surface area contributed by atoms with Crippen LogP contribution in [0.2, 0.25) is 0 Å². The summed E-state index contributed by atoms with van der Waals surface area (Å²) < 4.78 is 11.1. The van der Waals surface area contributed by atoms with Crippen LogP contribution in [0.25, 0.3) is 0 Å². The first-order valence-electron chi connectivity index (χ1n) is 6.34. The zero-order chi connectivity index (χ0) is 12.5. The Morgan fingerprint density at radius 3 is 2.59 bits per heavy atom. The van der Waals surface area contributed by atoms with Crippen molar-refractivity contribution in [1.29, 1.82) is 0 Å². The number of hydrogen-bond acceptors (Lipinski definition) is 3. The molecule has 0 radical (unpaired) electrons. The molecule has 0 aliphatic rings. The lowest BCUT2D eigenvalue weighted by atomic mass is 10.0. The van der Waals surface area contributed by atoms with Gasteiger partial charge in [0.15, 0.2) is 0 Å². The van der Waals surface area contributed by atoms with Crippen LogP contribution in [0.5, 0.6) is 5.75 Å². The molecular formula is C14H23NO2. The standard InChI is InChI=1S/C14H23NO2/c1-3-9-16-10-11-17-14-8-6-5-7-12(14)13(15)4-2/h5-8,13H,3-4,9-11,15H2,1-2H3. The molecule has 0 heterocycles. The Labute approximate surface area is 104 Å². The maximum absolute atomic E-state index is 6.04. The van der Waals surface area contributed by atoms with E-state index in [0.717, 1.165) is 30.8 Å². The SMILES string of the molecule is CCCOCCOc1ccccc1C(N)CC. The normalized spacial score (nSPS) is 12.4. The minimum atomic E-state index is 0.0442. The first-order valence-corrected chi connectivity index (χ1v) is 6.34. The number of para-hydroxylation sites is 1. The molecule has 3 heteroatoms. The third kappa shape index (κ3) is 4.75. The Morgan fingerprint density at radius 2 is 1.88 bits per heavy atom. The Morgan fingerprint density at radius 1 is 1.12 bits per heavy atom. The molecule has 2 N–H and O–H groups in total. The van der Waals surface area contributed by atoms with Crippen molar-refractivity contribution in [2.75, 3.05) is 19.8 Å². The third-order valence-corrected chi connectivity index (χ3v) is 2.59. The van der Waals surface area contributed by atoms with E-state index in [2.05, 4.69) is 13.8 Å². The molecule has 0 amide bonds. The van der Waals surface area contributed by atoms with Crippen LogP contribution >= 0.6 is 0 Å². The second kappa shape index (κ2) is 8.09. The zero-order valence-electron chi connectivity index (χ0n) is 10.8. The van der Waals surface area contributed by atoms with Gasteiger partial charge in [0, 0.05) is 18.2 Å². The number of benzene rings is 1. The van der Waals surface area contributed by atoms with Crippen LogP contribution in [-0.4, -0.2) is 19.8 Å². The fourth-order valence-corrected chi connectivity index (χ4v) is 1.60. The molecular weight excluding hydrogens is 214 g/mol. The van der Waals surface area contributed by atoms with Crippen LogP contribution in [0.3, 0.4) is 0 Å². The van der Waals surface area contributed by atoms with Gasteiger partial charge in [-0.05, 0) is 18.9 Å². The van der Waals surface area contributed by atoms with Gasteiger partial charge in [-0.3, -0.25) is 0 Å². The van der Waals surface area contributed by atoms with Crippen molar-refractivity contribution in [3.63, 3.8) is 0 Å². The lowest BCUT2D eigenvalue weighted by Gasteiger charge is -2.15. The minimum Gasteiger partial charge on any atom is -0.491 e. The van der Waals surface area contributed by atoms with Crippen molar-refractivity contribution in [2.45, 2.75) is 32.7 Å². The van der Waals surface area contributed by atoms with Gasteiger partial charge in [0.1, 0.15) is 12.4 Å². The van der Waals surface area contributed by atoms with E-state index >= 15 is 0 Å². The lowest BCUT2D eigenvalue weighted by molar-refractivity contribution is 0.100. The molecule has 1 unspecified atom stereocenters. The molecule has 0 aromatic heterocycles. The summed E-state index contributed by atoms with van der Waals surface area (Å²) in [5, 5.41) is 0. The highest BCUT2D eigenvalue weighted by molar-refractivity contribution is 5.35. The molecule has 0 aliphatic heterocycles. The topological polar surface area (TPSA) is 44.5 Å². The molecule has 3 nitrogen and oxygen atoms in total. The summed E-state index contributed by atoms with van der Waals surface area (Å²) in [5.74, 6) is 0.877. The summed E-state index contributed by atoms with van der Waals surface area (Å²) in [6.45, 7) is 6.17. The fourth-order valence-electron chi connectivity index (χ4n) is 1.60. The van der Waals surface area contributed by atoms with Gasteiger partial charge in [-0.25, -0.2) is 0 Å². The van der Waals surface area contributed by atoms with Crippen LogP contribution in [0.15, 0.2) is 24.3 Å².